The van der Waals surface area contributed by atoms with E-state index >= 15 is 0 Å². The van der Waals surface area contributed by atoms with Crippen molar-refractivity contribution in [1.29, 1.82) is 0 Å². The van der Waals surface area contributed by atoms with Crippen molar-refractivity contribution in [2.75, 3.05) is 7.11 Å². The quantitative estimate of drug-likeness (QED) is 0.332. The molecule has 0 fully saturated rings. The fourth-order valence-corrected chi connectivity index (χ4v) is 1.39. The molecule has 0 radical (unpaired) electrons. The summed E-state index contributed by atoms with van der Waals surface area (Å²) in [7, 11) is 1.23. The number of nitro groups is 1. The molecular formula is C12H13NO5. The van der Waals surface area contributed by atoms with Gasteiger partial charge in [0.25, 0.3) is 5.69 Å². The monoisotopic (exact) mass is 251 g/mol. The Hall–Kier alpha value is -2.24. The van der Waals surface area contributed by atoms with Crippen molar-refractivity contribution in [1.82, 2.24) is 0 Å². The Morgan fingerprint density at radius 3 is 2.39 bits per heavy atom. The number of ether oxygens (including phenoxy) is 1. The van der Waals surface area contributed by atoms with Gasteiger partial charge in [0.15, 0.2) is 0 Å². The largest absolute Gasteiger partial charge is 0.469 e. The second kappa shape index (κ2) is 6.48. The topological polar surface area (TPSA) is 86.5 Å². The van der Waals surface area contributed by atoms with Crippen LogP contribution in [0.25, 0.3) is 0 Å². The maximum Gasteiger partial charge on any atom is 0.313 e. The van der Waals surface area contributed by atoms with Crippen molar-refractivity contribution in [2.45, 2.75) is 19.3 Å². The number of methoxy groups -OCH3 is 1. The number of aryl methyl sites for hydroxylation is 1. The number of Topliss-reactive ketones (excluding diaryl/α,β-unsaturated/α-hetero) is 1. The molecule has 0 spiro atoms. The van der Waals surface area contributed by atoms with Gasteiger partial charge in [0, 0.05) is 18.6 Å². The molecule has 96 valence electrons. The minimum atomic E-state index is -0.552. The van der Waals surface area contributed by atoms with E-state index in [0.717, 1.165) is 5.56 Å². The second-order valence-corrected chi connectivity index (χ2v) is 3.72. The first-order valence-corrected chi connectivity index (χ1v) is 5.34. The summed E-state index contributed by atoms with van der Waals surface area (Å²) in [5.41, 5.74) is 0.832. The Morgan fingerprint density at radius 2 is 1.89 bits per heavy atom. The maximum absolute atomic E-state index is 11.4. The van der Waals surface area contributed by atoms with E-state index in [1.54, 1.807) is 12.1 Å². The fourth-order valence-electron chi connectivity index (χ4n) is 1.39. The molecule has 6 heteroatoms. The zero-order chi connectivity index (χ0) is 13.5. The number of rotatable bonds is 6. The molecular weight excluding hydrogens is 238 g/mol. The van der Waals surface area contributed by atoms with Crippen LogP contribution in [0.15, 0.2) is 24.3 Å². The van der Waals surface area contributed by atoms with Crippen LogP contribution in [0.4, 0.5) is 5.69 Å². The van der Waals surface area contributed by atoms with Gasteiger partial charge in [-0.3, -0.25) is 19.7 Å². The van der Waals surface area contributed by atoms with Crippen LogP contribution < -0.4 is 0 Å². The lowest BCUT2D eigenvalue weighted by Crippen LogP contribution is -2.09. The molecule has 0 aromatic heterocycles. The van der Waals surface area contributed by atoms with E-state index in [2.05, 4.69) is 4.74 Å². The van der Waals surface area contributed by atoms with Crippen molar-refractivity contribution >= 4 is 17.4 Å². The van der Waals surface area contributed by atoms with Crippen LogP contribution >= 0.6 is 0 Å². The molecule has 0 heterocycles. The number of nitrogens with zero attached hydrogens (tertiary/aromatic N) is 1. The fraction of sp³-hybridized carbons (Fsp3) is 0.333. The van der Waals surface area contributed by atoms with Gasteiger partial charge in [-0.15, -0.1) is 0 Å². The zero-order valence-electron chi connectivity index (χ0n) is 9.92. The number of hydrogen-bond donors (Lipinski definition) is 0. The molecule has 18 heavy (non-hydrogen) atoms. The highest BCUT2D eigenvalue weighted by Crippen LogP contribution is 2.13. The Kier molecular flexibility index (Phi) is 4.98. The smallest absolute Gasteiger partial charge is 0.313 e. The third-order valence-corrected chi connectivity index (χ3v) is 2.41. The number of carbonyl (C=O) groups excluding carboxylic acids is 2. The van der Waals surface area contributed by atoms with Crippen LogP contribution in [0.1, 0.15) is 18.4 Å². The minimum absolute atomic E-state index is 0.0136. The predicted molar refractivity (Wildman–Crippen MR) is 63.1 cm³/mol. The number of carbonyl (C=O) groups is 2. The molecule has 1 rings (SSSR count). The van der Waals surface area contributed by atoms with Gasteiger partial charge in [-0.05, 0) is 12.0 Å². The van der Waals surface area contributed by atoms with Gasteiger partial charge < -0.3 is 4.74 Å². The standard InChI is InChI=1S/C12H13NO5/c1-18-12(15)8-11(14)7-4-9-2-5-10(6-3-9)13(16)17/h2-3,5-6H,4,7-8H2,1H3. The third-order valence-electron chi connectivity index (χ3n) is 2.41. The maximum atomic E-state index is 11.4. The highest BCUT2D eigenvalue weighted by atomic mass is 16.6. The van der Waals surface area contributed by atoms with Crippen LogP contribution in [0.3, 0.4) is 0 Å². The SMILES string of the molecule is COC(=O)CC(=O)CCc1ccc([N+](=O)[O-])cc1. The van der Waals surface area contributed by atoms with Gasteiger partial charge in [-0.2, -0.15) is 0 Å². The third kappa shape index (κ3) is 4.32. The zero-order valence-corrected chi connectivity index (χ0v) is 9.92. The number of nitro benzene ring substituents is 1. The summed E-state index contributed by atoms with van der Waals surface area (Å²) in [6.45, 7) is 0. The number of esters is 1. The molecule has 6 nitrogen and oxygen atoms in total. The number of non-ortho nitro benzene ring substituents is 1. The number of ketones is 1. The van der Waals surface area contributed by atoms with E-state index in [1.165, 1.54) is 19.2 Å². The average Bonchev–Trinajstić information content (AvgIpc) is 2.36. The van der Waals surface area contributed by atoms with Crippen molar-refractivity contribution in [2.24, 2.45) is 0 Å². The molecule has 0 bridgehead atoms. The van der Waals surface area contributed by atoms with Crippen molar-refractivity contribution in [3.63, 3.8) is 0 Å². The summed E-state index contributed by atoms with van der Waals surface area (Å²) in [6, 6.07) is 5.98. The molecule has 0 saturated carbocycles. The highest BCUT2D eigenvalue weighted by Gasteiger charge is 2.10. The number of benzene rings is 1. The minimum Gasteiger partial charge on any atom is -0.469 e. The Balaban J connectivity index is 2.46. The lowest BCUT2D eigenvalue weighted by molar-refractivity contribution is -0.384. The van der Waals surface area contributed by atoms with Gasteiger partial charge in [-0.1, -0.05) is 12.1 Å². The first-order chi connectivity index (χ1) is 8.52. The molecule has 0 N–H and O–H groups in total. The lowest BCUT2D eigenvalue weighted by Gasteiger charge is -2.01. The Morgan fingerprint density at radius 1 is 1.28 bits per heavy atom. The van der Waals surface area contributed by atoms with Gasteiger partial charge in [0.05, 0.1) is 12.0 Å². The molecule has 1 aromatic carbocycles. The molecule has 0 aliphatic heterocycles. The average molecular weight is 251 g/mol. The molecule has 0 atom stereocenters. The first kappa shape index (κ1) is 13.8. The summed E-state index contributed by atoms with van der Waals surface area (Å²) < 4.78 is 4.38. The van der Waals surface area contributed by atoms with E-state index in [0.29, 0.717) is 6.42 Å². The van der Waals surface area contributed by atoms with Crippen molar-refractivity contribution in [3.8, 4) is 0 Å². The summed E-state index contributed by atoms with van der Waals surface area (Å²) in [5.74, 6) is -0.760. The second-order valence-electron chi connectivity index (χ2n) is 3.72. The van der Waals surface area contributed by atoms with Gasteiger partial charge >= 0.3 is 5.97 Å². The van der Waals surface area contributed by atoms with Crippen LogP contribution in [-0.2, 0) is 20.7 Å². The molecule has 0 aliphatic carbocycles. The Labute approximate surface area is 104 Å². The van der Waals surface area contributed by atoms with Gasteiger partial charge in [0.2, 0.25) is 0 Å². The normalized spacial score (nSPS) is 9.83. The molecule has 1 aromatic rings. The van der Waals surface area contributed by atoms with E-state index in [4.69, 9.17) is 0 Å². The number of hydrogen-bond acceptors (Lipinski definition) is 5. The van der Waals surface area contributed by atoms with Crippen LogP contribution in [0.5, 0.6) is 0 Å². The summed E-state index contributed by atoms with van der Waals surface area (Å²) in [5, 5.41) is 10.4. The van der Waals surface area contributed by atoms with E-state index < -0.39 is 10.9 Å². The van der Waals surface area contributed by atoms with Crippen LogP contribution in [0, 0.1) is 10.1 Å². The van der Waals surface area contributed by atoms with Gasteiger partial charge in [-0.25, -0.2) is 0 Å². The van der Waals surface area contributed by atoms with Gasteiger partial charge in [0.1, 0.15) is 12.2 Å². The van der Waals surface area contributed by atoms with E-state index in [1.807, 2.05) is 0 Å². The molecule has 0 amide bonds. The van der Waals surface area contributed by atoms with E-state index in [9.17, 15) is 19.7 Å². The summed E-state index contributed by atoms with van der Waals surface area (Å²) in [6.07, 6.45) is 0.435. The molecule has 0 unspecified atom stereocenters. The van der Waals surface area contributed by atoms with Crippen molar-refractivity contribution < 1.29 is 19.2 Å². The predicted octanol–water partition coefficient (Wildman–Crippen LogP) is 1.66. The Bertz CT molecular complexity index is 452. The first-order valence-electron chi connectivity index (χ1n) is 5.34. The van der Waals surface area contributed by atoms with Crippen molar-refractivity contribution in [3.05, 3.63) is 39.9 Å². The summed E-state index contributed by atoms with van der Waals surface area (Å²) in [4.78, 5) is 32.1. The molecule has 0 aliphatic rings. The molecule has 0 saturated heterocycles. The summed E-state index contributed by atoms with van der Waals surface area (Å²) >= 11 is 0. The van der Waals surface area contributed by atoms with Crippen LogP contribution in [0.2, 0.25) is 0 Å². The van der Waals surface area contributed by atoms with Crippen LogP contribution in [-0.4, -0.2) is 23.8 Å². The lowest BCUT2D eigenvalue weighted by atomic mass is 10.1. The highest BCUT2D eigenvalue weighted by molar-refractivity contribution is 5.95. The van der Waals surface area contributed by atoms with E-state index in [-0.39, 0.29) is 24.3 Å².